The largest absolute Gasteiger partial charge is 0.376 e. The van der Waals surface area contributed by atoms with Crippen LogP contribution >= 0.6 is 0 Å². The molecule has 1 rings (SSSR count). The third-order valence-electron chi connectivity index (χ3n) is 1.40. The van der Waals surface area contributed by atoms with E-state index in [1.54, 1.807) is 6.92 Å². The van der Waals surface area contributed by atoms with Gasteiger partial charge in [-0.3, -0.25) is 4.79 Å². The van der Waals surface area contributed by atoms with E-state index in [9.17, 15) is 4.79 Å². The first kappa shape index (κ1) is 7.69. The van der Waals surface area contributed by atoms with Gasteiger partial charge in [0.25, 0.3) is 0 Å². The Labute approximate surface area is 60.3 Å². The highest BCUT2D eigenvalue weighted by molar-refractivity contribution is 5.75. The summed E-state index contributed by atoms with van der Waals surface area (Å²) in [5.74, 6) is 0.163. The predicted octanol–water partition coefficient (Wildman–Crippen LogP) is 0.381. The van der Waals surface area contributed by atoms with Gasteiger partial charge in [0.1, 0.15) is 5.78 Å². The van der Waals surface area contributed by atoms with Crippen LogP contribution in [0.1, 0.15) is 13.3 Å². The van der Waals surface area contributed by atoms with Gasteiger partial charge in [-0.2, -0.15) is 0 Å². The van der Waals surface area contributed by atoms with Gasteiger partial charge >= 0.3 is 0 Å². The number of carbonyl (C=O) groups excluding carboxylic acids is 1. The van der Waals surface area contributed by atoms with Gasteiger partial charge in [0.2, 0.25) is 0 Å². The van der Waals surface area contributed by atoms with Crippen LogP contribution in [0.2, 0.25) is 0 Å². The average Bonchev–Trinajstić information content (AvgIpc) is 1.88. The molecule has 0 radical (unpaired) electrons. The number of hydrogen-bond acceptors (Lipinski definition) is 3. The van der Waals surface area contributed by atoms with Crippen LogP contribution in [-0.2, 0) is 14.3 Å². The van der Waals surface area contributed by atoms with Gasteiger partial charge in [-0.1, -0.05) is 0 Å². The molecule has 1 aliphatic rings. The molecule has 1 atom stereocenters. The Morgan fingerprint density at radius 2 is 2.40 bits per heavy atom. The van der Waals surface area contributed by atoms with E-state index in [1.807, 2.05) is 0 Å². The van der Waals surface area contributed by atoms with Crippen molar-refractivity contribution in [3.8, 4) is 0 Å². The summed E-state index contributed by atoms with van der Waals surface area (Å²) < 4.78 is 10.3. The Kier molecular flexibility index (Phi) is 2.83. The molecule has 0 saturated carbocycles. The first-order chi connectivity index (χ1) is 4.79. The monoisotopic (exact) mass is 144 g/mol. The molecule has 0 N–H and O–H groups in total. The minimum Gasteiger partial charge on any atom is -0.376 e. The van der Waals surface area contributed by atoms with Crippen molar-refractivity contribution in [3.05, 3.63) is 0 Å². The van der Waals surface area contributed by atoms with Gasteiger partial charge in [-0.15, -0.1) is 0 Å². The minimum atomic E-state index is 0.00579. The summed E-state index contributed by atoms with van der Waals surface area (Å²) in [5.41, 5.74) is 0. The van der Waals surface area contributed by atoms with Crippen LogP contribution in [0.15, 0.2) is 0 Å². The van der Waals surface area contributed by atoms with Crippen molar-refractivity contribution in [2.75, 3.05) is 19.8 Å². The second kappa shape index (κ2) is 3.68. The molecule has 10 heavy (non-hydrogen) atoms. The Morgan fingerprint density at radius 3 is 2.90 bits per heavy atom. The second-order valence-corrected chi connectivity index (χ2v) is 2.47. The van der Waals surface area contributed by atoms with Crippen LogP contribution in [0.3, 0.4) is 0 Å². The van der Waals surface area contributed by atoms with Crippen molar-refractivity contribution in [3.63, 3.8) is 0 Å². The number of rotatable bonds is 2. The molecule has 1 saturated heterocycles. The van der Waals surface area contributed by atoms with E-state index in [-0.39, 0.29) is 11.9 Å². The molecule has 0 amide bonds. The molecule has 0 bridgehead atoms. The zero-order chi connectivity index (χ0) is 7.40. The maximum absolute atomic E-state index is 10.6. The van der Waals surface area contributed by atoms with Crippen LogP contribution < -0.4 is 0 Å². The van der Waals surface area contributed by atoms with Crippen LogP contribution in [0.25, 0.3) is 0 Å². The molecular weight excluding hydrogens is 132 g/mol. The topological polar surface area (TPSA) is 35.5 Å². The van der Waals surface area contributed by atoms with Gasteiger partial charge in [-0.05, 0) is 6.92 Å². The standard InChI is InChI=1S/C7H12O3/c1-6(8)4-7-5-9-2-3-10-7/h7H,2-5H2,1H3. The number of Topliss-reactive ketones (excluding diaryl/α,β-unsaturated/α-hetero) is 1. The van der Waals surface area contributed by atoms with Crippen molar-refractivity contribution in [1.29, 1.82) is 0 Å². The number of carbonyl (C=O) groups is 1. The summed E-state index contributed by atoms with van der Waals surface area (Å²) >= 11 is 0. The highest BCUT2D eigenvalue weighted by Crippen LogP contribution is 2.04. The maximum atomic E-state index is 10.6. The average molecular weight is 144 g/mol. The SMILES string of the molecule is CC(=O)CC1COCCO1. The first-order valence-corrected chi connectivity index (χ1v) is 3.48. The van der Waals surface area contributed by atoms with Gasteiger partial charge in [-0.25, -0.2) is 0 Å². The molecule has 0 aliphatic carbocycles. The summed E-state index contributed by atoms with van der Waals surface area (Å²) in [6.45, 7) is 3.42. The fourth-order valence-corrected chi connectivity index (χ4v) is 0.975. The van der Waals surface area contributed by atoms with E-state index in [4.69, 9.17) is 9.47 Å². The van der Waals surface area contributed by atoms with Crippen LogP contribution in [-0.4, -0.2) is 31.7 Å². The summed E-state index contributed by atoms with van der Waals surface area (Å²) in [6, 6.07) is 0. The number of ketones is 1. The lowest BCUT2D eigenvalue weighted by Crippen LogP contribution is -2.29. The van der Waals surface area contributed by atoms with E-state index in [2.05, 4.69) is 0 Å². The van der Waals surface area contributed by atoms with E-state index >= 15 is 0 Å². The molecule has 0 aromatic heterocycles. The van der Waals surface area contributed by atoms with E-state index in [0.29, 0.717) is 26.2 Å². The smallest absolute Gasteiger partial charge is 0.132 e. The Morgan fingerprint density at radius 1 is 1.60 bits per heavy atom. The molecule has 3 nitrogen and oxygen atoms in total. The molecule has 1 fully saturated rings. The number of ether oxygens (including phenoxy) is 2. The highest BCUT2D eigenvalue weighted by atomic mass is 16.6. The van der Waals surface area contributed by atoms with Gasteiger partial charge in [0, 0.05) is 6.42 Å². The Hall–Kier alpha value is -0.410. The van der Waals surface area contributed by atoms with Gasteiger partial charge in [0.05, 0.1) is 25.9 Å². The van der Waals surface area contributed by atoms with E-state index in [1.165, 1.54) is 0 Å². The molecule has 1 heterocycles. The van der Waals surface area contributed by atoms with Crippen molar-refractivity contribution < 1.29 is 14.3 Å². The third kappa shape index (κ3) is 2.45. The summed E-state index contributed by atoms with van der Waals surface area (Å²) in [4.78, 5) is 10.6. The molecular formula is C7H12O3. The zero-order valence-electron chi connectivity index (χ0n) is 6.13. The maximum Gasteiger partial charge on any atom is 0.132 e. The lowest BCUT2D eigenvalue weighted by Gasteiger charge is -2.21. The first-order valence-electron chi connectivity index (χ1n) is 3.48. The van der Waals surface area contributed by atoms with Crippen molar-refractivity contribution in [2.45, 2.75) is 19.4 Å². The Bertz CT molecular complexity index is 116. The normalized spacial score (nSPS) is 26.3. The van der Waals surface area contributed by atoms with Crippen LogP contribution in [0.5, 0.6) is 0 Å². The molecule has 0 spiro atoms. The lowest BCUT2D eigenvalue weighted by molar-refractivity contribution is -0.127. The summed E-state index contributed by atoms with van der Waals surface area (Å²) in [5, 5.41) is 0. The fourth-order valence-electron chi connectivity index (χ4n) is 0.975. The second-order valence-electron chi connectivity index (χ2n) is 2.47. The molecule has 0 aromatic rings. The van der Waals surface area contributed by atoms with Gasteiger partial charge < -0.3 is 9.47 Å². The molecule has 1 aliphatic heterocycles. The predicted molar refractivity (Wildman–Crippen MR) is 35.9 cm³/mol. The summed E-state index contributed by atoms with van der Waals surface area (Å²) in [6.07, 6.45) is 0.492. The lowest BCUT2D eigenvalue weighted by atomic mass is 10.2. The molecule has 58 valence electrons. The van der Waals surface area contributed by atoms with Crippen LogP contribution in [0, 0.1) is 0 Å². The van der Waals surface area contributed by atoms with Crippen molar-refractivity contribution in [2.24, 2.45) is 0 Å². The summed E-state index contributed by atoms with van der Waals surface area (Å²) in [7, 11) is 0. The van der Waals surface area contributed by atoms with Crippen LogP contribution in [0.4, 0.5) is 0 Å². The third-order valence-corrected chi connectivity index (χ3v) is 1.40. The van der Waals surface area contributed by atoms with Crippen molar-refractivity contribution >= 4 is 5.78 Å². The zero-order valence-corrected chi connectivity index (χ0v) is 6.13. The minimum absolute atomic E-state index is 0.00579. The van der Waals surface area contributed by atoms with Gasteiger partial charge in [0.15, 0.2) is 0 Å². The Balaban J connectivity index is 2.19. The van der Waals surface area contributed by atoms with E-state index < -0.39 is 0 Å². The highest BCUT2D eigenvalue weighted by Gasteiger charge is 2.15. The quantitative estimate of drug-likeness (QED) is 0.562. The molecule has 3 heteroatoms. The van der Waals surface area contributed by atoms with Crippen molar-refractivity contribution in [1.82, 2.24) is 0 Å². The molecule has 1 unspecified atom stereocenters. The molecule has 0 aromatic carbocycles. The number of hydrogen-bond donors (Lipinski definition) is 0. The fraction of sp³-hybridized carbons (Fsp3) is 0.857. The van der Waals surface area contributed by atoms with E-state index in [0.717, 1.165) is 0 Å².